The molecule has 0 spiro atoms. The van der Waals surface area contributed by atoms with Crippen LogP contribution in [-0.2, 0) is 19.2 Å². The summed E-state index contributed by atoms with van der Waals surface area (Å²) in [5.41, 5.74) is 0. The predicted octanol–water partition coefficient (Wildman–Crippen LogP) is -8.29. The summed E-state index contributed by atoms with van der Waals surface area (Å²) in [6, 6.07) is 0. The SMILES string of the molecule is CC(O)C(=O)[O-].CC(O)C(=O)[O-].CC(O)C(=O)[O-].CC(O)C(=O)[O-].[Ca+2].[Mg+2]. The van der Waals surface area contributed by atoms with Gasteiger partial charge in [0.05, 0.1) is 48.3 Å². The van der Waals surface area contributed by atoms with Crippen molar-refractivity contribution in [3.63, 3.8) is 0 Å². The number of carbonyl (C=O) groups excluding carboxylic acids is 4. The van der Waals surface area contributed by atoms with Crippen LogP contribution in [-0.4, -0.2) is 130 Å². The number of carboxylic acids is 4. The third kappa shape index (κ3) is 49.6. The molecule has 4 N–H and O–H groups in total. The molecule has 0 aromatic heterocycles. The minimum absolute atomic E-state index is 0. The maximum atomic E-state index is 9.34. The molecule has 4 unspecified atom stereocenters. The molecule has 12 nitrogen and oxygen atoms in total. The number of rotatable bonds is 4. The van der Waals surface area contributed by atoms with Crippen molar-refractivity contribution in [3.05, 3.63) is 0 Å². The second kappa shape index (κ2) is 24.7. The summed E-state index contributed by atoms with van der Waals surface area (Å²) in [4.78, 5) is 37.4. The second-order valence-electron chi connectivity index (χ2n) is 3.98. The van der Waals surface area contributed by atoms with Crippen LogP contribution < -0.4 is 20.4 Å². The number of hydrogen-bond donors (Lipinski definition) is 4. The van der Waals surface area contributed by atoms with E-state index >= 15 is 0 Å². The van der Waals surface area contributed by atoms with Crippen molar-refractivity contribution in [2.75, 3.05) is 0 Å². The van der Waals surface area contributed by atoms with E-state index in [1.54, 1.807) is 0 Å². The molecule has 0 radical (unpaired) electrons. The number of aliphatic hydroxyl groups excluding tert-OH is 4. The molecule has 0 saturated heterocycles. The maximum absolute atomic E-state index is 9.34. The molecule has 14 heteroatoms. The summed E-state index contributed by atoms with van der Waals surface area (Å²) in [6.07, 6.45) is -5.37. The molecular formula is C12H20CaMgO12. The maximum Gasteiger partial charge on any atom is 2.00 e. The van der Waals surface area contributed by atoms with Crippen molar-refractivity contribution in [1.29, 1.82) is 0 Å². The number of carboxylic acid groups (broad SMARTS) is 4. The molecule has 0 bridgehead atoms. The molecule has 0 saturated carbocycles. The van der Waals surface area contributed by atoms with Gasteiger partial charge in [-0.3, -0.25) is 0 Å². The van der Waals surface area contributed by atoms with Gasteiger partial charge in [0.25, 0.3) is 0 Å². The van der Waals surface area contributed by atoms with E-state index in [9.17, 15) is 39.6 Å². The van der Waals surface area contributed by atoms with Crippen LogP contribution in [0.15, 0.2) is 0 Å². The van der Waals surface area contributed by atoms with Crippen LogP contribution in [0, 0.1) is 0 Å². The standard InChI is InChI=1S/4C3H6O3.Ca.Mg/c4*1-2(4)3(5)6;;/h4*2,4H,1H3,(H,5,6);;/q;;;;2*+2/p-4. The Morgan fingerprint density at radius 2 is 0.577 bits per heavy atom. The van der Waals surface area contributed by atoms with Crippen LogP contribution in [0.1, 0.15) is 27.7 Å². The first-order valence-corrected chi connectivity index (χ1v) is 6.13. The van der Waals surface area contributed by atoms with Gasteiger partial charge in [-0.2, -0.15) is 0 Å². The smallest absolute Gasteiger partial charge is 0.547 e. The van der Waals surface area contributed by atoms with Gasteiger partial charge in [-0.05, 0) is 27.7 Å². The zero-order chi connectivity index (χ0) is 20.6. The molecule has 4 atom stereocenters. The third-order valence-electron chi connectivity index (χ3n) is 1.36. The second-order valence-corrected chi connectivity index (χ2v) is 3.98. The first-order valence-electron chi connectivity index (χ1n) is 6.13. The molecular weight excluding hydrogens is 401 g/mol. The summed E-state index contributed by atoms with van der Waals surface area (Å²) in [7, 11) is 0. The van der Waals surface area contributed by atoms with Crippen LogP contribution >= 0.6 is 0 Å². The van der Waals surface area contributed by atoms with E-state index in [0.717, 1.165) is 27.7 Å². The van der Waals surface area contributed by atoms with Crippen molar-refractivity contribution < 1.29 is 60.0 Å². The molecule has 0 heterocycles. The molecule has 144 valence electrons. The Morgan fingerprint density at radius 3 is 0.577 bits per heavy atom. The van der Waals surface area contributed by atoms with Gasteiger partial charge in [0.15, 0.2) is 0 Å². The molecule has 0 amide bonds. The molecule has 0 aliphatic heterocycles. The fourth-order valence-corrected chi connectivity index (χ4v) is 0. The molecule has 0 fully saturated rings. The zero-order valence-corrected chi connectivity index (χ0v) is 18.4. The number of aliphatic carboxylic acids is 4. The van der Waals surface area contributed by atoms with Crippen molar-refractivity contribution in [2.24, 2.45) is 0 Å². The Morgan fingerprint density at radius 1 is 0.538 bits per heavy atom. The molecule has 0 rings (SSSR count). The van der Waals surface area contributed by atoms with Gasteiger partial charge in [-0.25, -0.2) is 0 Å². The summed E-state index contributed by atoms with van der Waals surface area (Å²) >= 11 is 0. The Balaban J connectivity index is -0.0000000500. The van der Waals surface area contributed by atoms with Gasteiger partial charge < -0.3 is 60.0 Å². The largest absolute Gasteiger partial charge is 2.00 e. The average molecular weight is 421 g/mol. The Labute approximate surface area is 195 Å². The van der Waals surface area contributed by atoms with Gasteiger partial charge in [0.2, 0.25) is 0 Å². The third-order valence-corrected chi connectivity index (χ3v) is 1.36. The van der Waals surface area contributed by atoms with Gasteiger partial charge >= 0.3 is 60.8 Å². The van der Waals surface area contributed by atoms with E-state index in [4.69, 9.17) is 20.4 Å². The van der Waals surface area contributed by atoms with Crippen molar-refractivity contribution in [3.8, 4) is 0 Å². The van der Waals surface area contributed by atoms with Crippen molar-refractivity contribution in [1.82, 2.24) is 0 Å². The van der Waals surface area contributed by atoms with Crippen LogP contribution in [0.4, 0.5) is 0 Å². The minimum atomic E-state index is -1.44. The predicted molar refractivity (Wildman–Crippen MR) is 78.3 cm³/mol. The molecule has 0 aliphatic carbocycles. The normalized spacial score (nSPS) is 12.6. The minimum Gasteiger partial charge on any atom is -0.547 e. The monoisotopic (exact) mass is 420 g/mol. The van der Waals surface area contributed by atoms with Crippen LogP contribution in [0.2, 0.25) is 0 Å². The fourth-order valence-electron chi connectivity index (χ4n) is 0. The molecule has 0 aromatic carbocycles. The first-order chi connectivity index (χ1) is 10.6. The van der Waals surface area contributed by atoms with Crippen LogP contribution in [0.3, 0.4) is 0 Å². The Bertz CT molecular complexity index is 312. The Kier molecular flexibility index (Phi) is 38.5. The number of hydrogen-bond acceptors (Lipinski definition) is 12. The van der Waals surface area contributed by atoms with Crippen LogP contribution in [0.5, 0.6) is 0 Å². The quantitative estimate of drug-likeness (QED) is 0.310. The molecule has 26 heavy (non-hydrogen) atoms. The van der Waals surface area contributed by atoms with E-state index in [1.807, 2.05) is 0 Å². The summed E-state index contributed by atoms with van der Waals surface area (Å²) < 4.78 is 0. The van der Waals surface area contributed by atoms with Gasteiger partial charge in [0, 0.05) is 0 Å². The van der Waals surface area contributed by atoms with Crippen molar-refractivity contribution in [2.45, 2.75) is 52.1 Å². The van der Waals surface area contributed by atoms with E-state index in [1.165, 1.54) is 0 Å². The van der Waals surface area contributed by atoms with E-state index < -0.39 is 48.3 Å². The molecule has 0 aromatic rings. The average Bonchev–Trinajstić information content (AvgIpc) is 2.40. The number of aliphatic hydroxyl groups is 4. The van der Waals surface area contributed by atoms with Gasteiger partial charge in [-0.1, -0.05) is 0 Å². The van der Waals surface area contributed by atoms with Gasteiger partial charge in [-0.15, -0.1) is 0 Å². The summed E-state index contributed by atoms with van der Waals surface area (Å²) in [6.45, 7) is 4.54. The van der Waals surface area contributed by atoms with E-state index in [0.29, 0.717) is 0 Å². The van der Waals surface area contributed by atoms with E-state index in [-0.39, 0.29) is 60.8 Å². The first kappa shape index (κ1) is 40.4. The zero-order valence-electron chi connectivity index (χ0n) is 14.8. The fraction of sp³-hybridized carbons (Fsp3) is 0.667. The summed E-state index contributed by atoms with van der Waals surface area (Å²) in [5.74, 6) is -5.74. The molecule has 0 aliphatic rings. The van der Waals surface area contributed by atoms with Crippen molar-refractivity contribution >= 4 is 84.7 Å². The Hall–Kier alpha value is -0.254. The van der Waals surface area contributed by atoms with Crippen LogP contribution in [0.25, 0.3) is 0 Å². The number of carbonyl (C=O) groups is 4. The summed E-state index contributed by atoms with van der Waals surface area (Å²) in [5, 5.41) is 69.2. The topological polar surface area (TPSA) is 241 Å². The van der Waals surface area contributed by atoms with Gasteiger partial charge in [0.1, 0.15) is 0 Å². The van der Waals surface area contributed by atoms with E-state index in [2.05, 4.69) is 0 Å².